The molecule has 0 aliphatic carbocycles. The number of methoxy groups -OCH3 is 1. The predicted molar refractivity (Wildman–Crippen MR) is 64.3 cm³/mol. The van der Waals surface area contributed by atoms with Crippen LogP contribution >= 0.6 is 0 Å². The summed E-state index contributed by atoms with van der Waals surface area (Å²) < 4.78 is 5.36. The monoisotopic (exact) mass is 223 g/mol. The molecule has 1 N–H and O–H groups in total. The normalized spacial score (nSPS) is 13.9. The highest BCUT2D eigenvalue weighted by Gasteiger charge is 2.24. The van der Waals surface area contributed by atoms with Gasteiger partial charge in [0.15, 0.2) is 5.82 Å². The molecule has 0 saturated carbocycles. The summed E-state index contributed by atoms with van der Waals surface area (Å²) in [7, 11) is 3.60. The van der Waals surface area contributed by atoms with Gasteiger partial charge in [0.25, 0.3) is 0 Å². The Labute approximate surface area is 97.5 Å². The molecule has 1 unspecified atom stereocenters. The maximum Gasteiger partial charge on any atom is 0.159 e. The largest absolute Gasteiger partial charge is 0.371 e. The number of rotatable bonds is 4. The first-order valence-electron chi connectivity index (χ1n) is 5.48. The van der Waals surface area contributed by atoms with Crippen LogP contribution in [-0.4, -0.2) is 24.1 Å². The highest BCUT2D eigenvalue weighted by atomic mass is 16.5. The van der Waals surface area contributed by atoms with Crippen molar-refractivity contribution in [2.24, 2.45) is 0 Å². The molecule has 0 spiro atoms. The molecular formula is C12H21N3O. The SMILES string of the molecule is CNC(C)c1cnc(C(C)(C)OC)nc1C. The molecule has 1 heterocycles. The van der Waals surface area contributed by atoms with Gasteiger partial charge in [-0.05, 0) is 34.7 Å². The number of hydrogen-bond donors (Lipinski definition) is 1. The molecule has 0 amide bonds. The molecule has 1 atom stereocenters. The lowest BCUT2D eigenvalue weighted by molar-refractivity contribution is 0.0112. The number of nitrogens with one attached hydrogen (secondary N) is 1. The molecule has 0 bridgehead atoms. The summed E-state index contributed by atoms with van der Waals surface area (Å²) in [5.74, 6) is 0.722. The zero-order chi connectivity index (χ0) is 12.3. The summed E-state index contributed by atoms with van der Waals surface area (Å²) in [4.78, 5) is 8.88. The molecule has 4 heteroatoms. The summed E-state index contributed by atoms with van der Waals surface area (Å²) in [6, 6.07) is 0.264. The van der Waals surface area contributed by atoms with Crippen molar-refractivity contribution in [3.63, 3.8) is 0 Å². The molecule has 16 heavy (non-hydrogen) atoms. The first kappa shape index (κ1) is 13.1. The molecule has 1 rings (SSSR count). The molecule has 0 aromatic carbocycles. The van der Waals surface area contributed by atoms with Gasteiger partial charge in [-0.25, -0.2) is 9.97 Å². The molecule has 0 saturated heterocycles. The highest BCUT2D eigenvalue weighted by Crippen LogP contribution is 2.22. The lowest BCUT2D eigenvalue weighted by Gasteiger charge is -2.22. The van der Waals surface area contributed by atoms with Crippen LogP contribution < -0.4 is 5.32 Å². The number of nitrogens with zero attached hydrogens (tertiary/aromatic N) is 2. The number of hydrogen-bond acceptors (Lipinski definition) is 4. The van der Waals surface area contributed by atoms with Crippen molar-refractivity contribution in [1.82, 2.24) is 15.3 Å². The Kier molecular flexibility index (Phi) is 3.99. The Hall–Kier alpha value is -1.00. The van der Waals surface area contributed by atoms with E-state index in [-0.39, 0.29) is 6.04 Å². The van der Waals surface area contributed by atoms with Crippen LogP contribution in [0.15, 0.2) is 6.20 Å². The van der Waals surface area contributed by atoms with Gasteiger partial charge < -0.3 is 10.1 Å². The van der Waals surface area contributed by atoms with E-state index in [0.717, 1.165) is 17.1 Å². The van der Waals surface area contributed by atoms with E-state index in [1.54, 1.807) is 7.11 Å². The molecule has 90 valence electrons. The van der Waals surface area contributed by atoms with Crippen LogP contribution in [-0.2, 0) is 10.3 Å². The van der Waals surface area contributed by atoms with E-state index < -0.39 is 5.60 Å². The van der Waals surface area contributed by atoms with Gasteiger partial charge in [-0.1, -0.05) is 0 Å². The van der Waals surface area contributed by atoms with Crippen molar-refractivity contribution in [2.75, 3.05) is 14.2 Å². The fraction of sp³-hybridized carbons (Fsp3) is 0.667. The third kappa shape index (κ3) is 2.57. The lowest BCUT2D eigenvalue weighted by Crippen LogP contribution is -2.24. The van der Waals surface area contributed by atoms with Crippen molar-refractivity contribution in [3.8, 4) is 0 Å². The molecule has 0 fully saturated rings. The Morgan fingerprint density at radius 2 is 2.06 bits per heavy atom. The predicted octanol–water partition coefficient (Wildman–Crippen LogP) is 1.95. The van der Waals surface area contributed by atoms with E-state index in [4.69, 9.17) is 4.74 Å². The first-order chi connectivity index (χ1) is 7.42. The molecule has 1 aromatic rings. The number of ether oxygens (including phenoxy) is 1. The fourth-order valence-electron chi connectivity index (χ4n) is 1.44. The second-order valence-electron chi connectivity index (χ2n) is 4.46. The summed E-state index contributed by atoms with van der Waals surface area (Å²) >= 11 is 0. The van der Waals surface area contributed by atoms with Crippen LogP contribution in [0, 0.1) is 6.92 Å². The third-order valence-electron chi connectivity index (χ3n) is 2.97. The molecule has 0 aliphatic heterocycles. The first-order valence-corrected chi connectivity index (χ1v) is 5.48. The van der Waals surface area contributed by atoms with Gasteiger partial charge in [-0.15, -0.1) is 0 Å². The van der Waals surface area contributed by atoms with Crippen LogP contribution in [0.25, 0.3) is 0 Å². The van der Waals surface area contributed by atoms with Crippen molar-refractivity contribution in [3.05, 3.63) is 23.3 Å². The van der Waals surface area contributed by atoms with Crippen LogP contribution in [0.2, 0.25) is 0 Å². The van der Waals surface area contributed by atoms with E-state index in [2.05, 4.69) is 22.2 Å². The Morgan fingerprint density at radius 3 is 2.50 bits per heavy atom. The molecule has 0 radical (unpaired) electrons. The fourth-order valence-corrected chi connectivity index (χ4v) is 1.44. The van der Waals surface area contributed by atoms with E-state index in [9.17, 15) is 0 Å². The van der Waals surface area contributed by atoms with Crippen molar-refractivity contribution in [1.29, 1.82) is 0 Å². The maximum absolute atomic E-state index is 5.36. The van der Waals surface area contributed by atoms with Gasteiger partial charge in [0.05, 0.1) is 0 Å². The van der Waals surface area contributed by atoms with Gasteiger partial charge in [-0.3, -0.25) is 0 Å². The maximum atomic E-state index is 5.36. The Morgan fingerprint density at radius 1 is 1.44 bits per heavy atom. The summed E-state index contributed by atoms with van der Waals surface area (Å²) in [6.07, 6.45) is 1.87. The lowest BCUT2D eigenvalue weighted by atomic mass is 10.1. The van der Waals surface area contributed by atoms with Crippen LogP contribution in [0.5, 0.6) is 0 Å². The van der Waals surface area contributed by atoms with Gasteiger partial charge in [0, 0.05) is 30.6 Å². The van der Waals surface area contributed by atoms with Gasteiger partial charge in [0.2, 0.25) is 0 Å². The van der Waals surface area contributed by atoms with Gasteiger partial charge >= 0.3 is 0 Å². The van der Waals surface area contributed by atoms with Gasteiger partial charge in [-0.2, -0.15) is 0 Å². The van der Waals surface area contributed by atoms with E-state index in [1.807, 2.05) is 34.0 Å². The summed E-state index contributed by atoms with van der Waals surface area (Å²) in [5.41, 5.74) is 1.68. The smallest absolute Gasteiger partial charge is 0.159 e. The minimum absolute atomic E-state index is 0.264. The molecule has 4 nitrogen and oxygen atoms in total. The van der Waals surface area contributed by atoms with Crippen LogP contribution in [0.1, 0.15) is 43.9 Å². The number of aryl methyl sites for hydroxylation is 1. The summed E-state index contributed by atoms with van der Waals surface area (Å²) in [6.45, 7) is 8.01. The quantitative estimate of drug-likeness (QED) is 0.847. The topological polar surface area (TPSA) is 47.0 Å². The van der Waals surface area contributed by atoms with Crippen LogP contribution in [0.3, 0.4) is 0 Å². The molecule has 1 aromatic heterocycles. The van der Waals surface area contributed by atoms with Crippen LogP contribution in [0.4, 0.5) is 0 Å². The van der Waals surface area contributed by atoms with E-state index >= 15 is 0 Å². The minimum Gasteiger partial charge on any atom is -0.371 e. The molecular weight excluding hydrogens is 202 g/mol. The van der Waals surface area contributed by atoms with Gasteiger partial charge in [0.1, 0.15) is 5.60 Å². The second-order valence-corrected chi connectivity index (χ2v) is 4.46. The zero-order valence-electron chi connectivity index (χ0n) is 11.0. The average Bonchev–Trinajstić information content (AvgIpc) is 2.28. The molecule has 0 aliphatic rings. The second kappa shape index (κ2) is 4.89. The summed E-state index contributed by atoms with van der Waals surface area (Å²) in [5, 5.41) is 3.18. The van der Waals surface area contributed by atoms with E-state index in [0.29, 0.717) is 0 Å². The zero-order valence-corrected chi connectivity index (χ0v) is 11.0. The minimum atomic E-state index is -0.438. The Balaban J connectivity index is 3.09. The number of aromatic nitrogens is 2. The van der Waals surface area contributed by atoms with Crippen molar-refractivity contribution in [2.45, 2.75) is 39.3 Å². The van der Waals surface area contributed by atoms with Crippen molar-refractivity contribution >= 4 is 0 Å². The van der Waals surface area contributed by atoms with Crippen molar-refractivity contribution < 1.29 is 4.74 Å². The third-order valence-corrected chi connectivity index (χ3v) is 2.97. The Bertz CT molecular complexity index is 363. The average molecular weight is 223 g/mol. The van der Waals surface area contributed by atoms with E-state index in [1.165, 1.54) is 0 Å². The standard InChI is InChI=1S/C12H21N3O/c1-8(13-5)10-7-14-11(15-9(10)2)12(3,4)16-6/h7-8,13H,1-6H3. The highest BCUT2D eigenvalue weighted by molar-refractivity contribution is 5.21.